The largest absolute Gasteiger partial charge is 0.457 e. The number of allylic oxidation sites excluding steroid dienone is 1. The highest BCUT2D eigenvalue weighted by Crippen LogP contribution is 2.41. The molecule has 8 heteroatoms. The first kappa shape index (κ1) is 24.9. The summed E-state index contributed by atoms with van der Waals surface area (Å²) in [6.07, 6.45) is 3.57. The van der Waals surface area contributed by atoms with Crippen molar-refractivity contribution in [2.24, 2.45) is 4.99 Å². The van der Waals surface area contributed by atoms with E-state index in [9.17, 15) is 4.79 Å². The maximum absolute atomic E-state index is 13.9. The van der Waals surface area contributed by atoms with Gasteiger partial charge in [0.25, 0.3) is 5.56 Å². The number of fused-ring (bicyclic) bond motifs is 3. The van der Waals surface area contributed by atoms with Crippen LogP contribution >= 0.6 is 50.5 Å². The van der Waals surface area contributed by atoms with Gasteiger partial charge in [-0.25, -0.2) is 4.99 Å². The third kappa shape index (κ3) is 4.36. The molecule has 192 valence electrons. The number of furan rings is 1. The molecule has 7 rings (SSSR count). The Kier molecular flexibility index (Phi) is 6.24. The molecule has 0 unspecified atom stereocenters. The summed E-state index contributed by atoms with van der Waals surface area (Å²) < 4.78 is 9.49. The fourth-order valence-corrected chi connectivity index (χ4v) is 6.88. The summed E-state index contributed by atoms with van der Waals surface area (Å²) >= 11 is 17.2. The van der Waals surface area contributed by atoms with Crippen LogP contribution in [0.15, 0.2) is 103 Å². The van der Waals surface area contributed by atoms with Gasteiger partial charge in [0.2, 0.25) is 0 Å². The van der Waals surface area contributed by atoms with Gasteiger partial charge in [-0.15, -0.1) is 0 Å². The minimum absolute atomic E-state index is 0.0791. The molecule has 3 aromatic carbocycles. The van der Waals surface area contributed by atoms with E-state index in [4.69, 9.17) is 32.6 Å². The first-order valence-corrected chi connectivity index (χ1v) is 14.8. The maximum Gasteiger partial charge on any atom is 0.271 e. The molecule has 0 spiro atoms. The molecule has 3 heterocycles. The zero-order valence-electron chi connectivity index (χ0n) is 20.3. The van der Waals surface area contributed by atoms with Crippen molar-refractivity contribution in [2.45, 2.75) is 18.9 Å². The second-order valence-corrected chi connectivity index (χ2v) is 12.2. The van der Waals surface area contributed by atoms with Crippen LogP contribution in [0.2, 0.25) is 10.0 Å². The zero-order chi connectivity index (χ0) is 26.7. The lowest BCUT2D eigenvalue weighted by Crippen LogP contribution is -2.38. The Balaban J connectivity index is 1.39. The van der Waals surface area contributed by atoms with Gasteiger partial charge in [-0.05, 0) is 72.0 Å². The summed E-state index contributed by atoms with van der Waals surface area (Å²) in [6.45, 7) is 0. The third-order valence-corrected chi connectivity index (χ3v) is 9.41. The van der Waals surface area contributed by atoms with Crippen molar-refractivity contribution in [2.75, 3.05) is 0 Å². The average Bonchev–Trinajstić information content (AvgIpc) is 3.54. The Hall–Kier alpha value is -3.16. The van der Waals surface area contributed by atoms with Crippen LogP contribution in [-0.2, 0) is 6.42 Å². The van der Waals surface area contributed by atoms with Crippen molar-refractivity contribution in [3.05, 3.63) is 141 Å². The van der Waals surface area contributed by atoms with Gasteiger partial charge in [0.05, 0.1) is 26.3 Å². The van der Waals surface area contributed by atoms with Gasteiger partial charge in [-0.1, -0.05) is 86.9 Å². The van der Waals surface area contributed by atoms with Crippen molar-refractivity contribution in [3.63, 3.8) is 0 Å². The van der Waals surface area contributed by atoms with Crippen LogP contribution in [0.25, 0.3) is 23.1 Å². The molecule has 0 N–H and O–H groups in total. The Morgan fingerprint density at radius 1 is 0.974 bits per heavy atom. The number of benzene rings is 3. The molecular formula is C31H19BrCl2N2O2S. The summed E-state index contributed by atoms with van der Waals surface area (Å²) in [5.74, 6) is 1.23. The predicted molar refractivity (Wildman–Crippen MR) is 161 cm³/mol. The molecule has 0 saturated heterocycles. The van der Waals surface area contributed by atoms with Crippen LogP contribution in [0.1, 0.15) is 34.9 Å². The molecule has 39 heavy (non-hydrogen) atoms. The molecule has 0 amide bonds. The summed E-state index contributed by atoms with van der Waals surface area (Å²) in [5, 5.41) is 0.942. The number of hydrogen-bond acceptors (Lipinski definition) is 4. The molecule has 1 aliphatic carbocycles. The van der Waals surface area contributed by atoms with Crippen LogP contribution in [0.5, 0.6) is 0 Å². The minimum Gasteiger partial charge on any atom is -0.457 e. The number of aryl methyl sites for hydroxylation is 1. The van der Waals surface area contributed by atoms with Gasteiger partial charge in [0.1, 0.15) is 11.5 Å². The second kappa shape index (κ2) is 9.79. The van der Waals surface area contributed by atoms with Crippen molar-refractivity contribution in [1.82, 2.24) is 4.57 Å². The van der Waals surface area contributed by atoms with Crippen molar-refractivity contribution < 1.29 is 4.42 Å². The van der Waals surface area contributed by atoms with Crippen LogP contribution < -0.4 is 14.9 Å². The normalized spacial score (nSPS) is 16.5. The molecule has 0 bridgehead atoms. The Morgan fingerprint density at radius 2 is 1.79 bits per heavy atom. The smallest absolute Gasteiger partial charge is 0.271 e. The number of rotatable bonds is 3. The molecule has 1 aliphatic heterocycles. The zero-order valence-corrected chi connectivity index (χ0v) is 24.2. The Morgan fingerprint density at radius 3 is 2.62 bits per heavy atom. The fourth-order valence-electron chi connectivity index (χ4n) is 5.33. The van der Waals surface area contributed by atoms with E-state index in [0.29, 0.717) is 30.9 Å². The summed E-state index contributed by atoms with van der Waals surface area (Å²) in [7, 11) is 0. The van der Waals surface area contributed by atoms with E-state index in [1.54, 1.807) is 18.2 Å². The highest BCUT2D eigenvalue weighted by Gasteiger charge is 2.32. The summed E-state index contributed by atoms with van der Waals surface area (Å²) in [5.41, 5.74) is 6.39. The highest BCUT2D eigenvalue weighted by atomic mass is 79.9. The SMILES string of the molecule is O=c1/c(=C\c2ccc(-c3ccc(Cl)c(Cl)c3)o2)sc2n1[C@@H](c1ccc(Br)cc1)C1=C(N=2)c2ccccc2CC1. The topological polar surface area (TPSA) is 47.5 Å². The number of hydrogen-bond donors (Lipinski definition) is 0. The lowest BCUT2D eigenvalue weighted by molar-refractivity contribution is 0.570. The minimum atomic E-state index is -0.219. The van der Waals surface area contributed by atoms with Gasteiger partial charge in [-0.3, -0.25) is 9.36 Å². The molecule has 5 aromatic rings. The number of thiazole rings is 1. The first-order chi connectivity index (χ1) is 19.0. The van der Waals surface area contributed by atoms with Crippen molar-refractivity contribution >= 4 is 62.2 Å². The first-order valence-electron chi connectivity index (χ1n) is 12.4. The molecule has 2 aliphatic rings. The van der Waals surface area contributed by atoms with Crippen molar-refractivity contribution in [1.29, 1.82) is 0 Å². The fraction of sp³-hybridized carbons (Fsp3) is 0.0968. The van der Waals surface area contributed by atoms with Crippen LogP contribution in [0.3, 0.4) is 0 Å². The average molecular weight is 634 g/mol. The van der Waals surface area contributed by atoms with Crippen molar-refractivity contribution in [3.8, 4) is 11.3 Å². The van der Waals surface area contributed by atoms with E-state index in [0.717, 1.165) is 39.7 Å². The lowest BCUT2D eigenvalue weighted by atomic mass is 9.83. The van der Waals surface area contributed by atoms with E-state index in [2.05, 4.69) is 52.3 Å². The van der Waals surface area contributed by atoms with Gasteiger partial charge in [-0.2, -0.15) is 0 Å². The summed E-state index contributed by atoms with van der Waals surface area (Å²) in [4.78, 5) is 19.7. The van der Waals surface area contributed by atoms with E-state index in [1.165, 1.54) is 22.5 Å². The van der Waals surface area contributed by atoms with Gasteiger partial charge >= 0.3 is 0 Å². The molecule has 0 saturated carbocycles. The predicted octanol–water partition coefficient (Wildman–Crippen LogP) is 7.65. The van der Waals surface area contributed by atoms with Gasteiger partial charge in [0, 0.05) is 21.7 Å². The Labute approximate surface area is 246 Å². The molecule has 0 radical (unpaired) electrons. The monoisotopic (exact) mass is 632 g/mol. The highest BCUT2D eigenvalue weighted by molar-refractivity contribution is 9.10. The molecule has 1 atom stereocenters. The number of nitrogens with zero attached hydrogens (tertiary/aromatic N) is 2. The Bertz CT molecular complexity index is 1990. The van der Waals surface area contributed by atoms with Gasteiger partial charge in [0.15, 0.2) is 4.80 Å². The molecule has 0 fully saturated rings. The van der Waals surface area contributed by atoms with Crippen LogP contribution in [0, 0.1) is 0 Å². The number of halogens is 3. The number of aromatic nitrogens is 1. The van der Waals surface area contributed by atoms with Crippen LogP contribution in [-0.4, -0.2) is 4.57 Å². The quantitative estimate of drug-likeness (QED) is 0.205. The molecule has 4 nitrogen and oxygen atoms in total. The molecular weight excluding hydrogens is 615 g/mol. The van der Waals surface area contributed by atoms with E-state index in [1.807, 2.05) is 34.9 Å². The summed E-state index contributed by atoms with van der Waals surface area (Å²) in [6, 6.07) is 25.5. The van der Waals surface area contributed by atoms with Crippen LogP contribution in [0.4, 0.5) is 0 Å². The van der Waals surface area contributed by atoms with E-state index < -0.39 is 0 Å². The van der Waals surface area contributed by atoms with Gasteiger partial charge < -0.3 is 4.42 Å². The third-order valence-electron chi connectivity index (χ3n) is 7.16. The van der Waals surface area contributed by atoms with E-state index >= 15 is 0 Å². The standard InChI is InChI=1S/C31H19BrCl2N2O2S/c32-20-9-5-18(6-10-20)29-23-12-7-17-3-1-2-4-22(17)28(23)35-31-36(29)30(37)27(39-31)16-21-11-14-26(38-21)19-8-13-24(33)25(34)15-19/h1-6,8-11,13-16,29H,7,12H2/b27-16+/t29-/m0/s1. The lowest BCUT2D eigenvalue weighted by Gasteiger charge is -2.30. The van der Waals surface area contributed by atoms with E-state index in [-0.39, 0.29) is 11.6 Å². The molecule has 2 aromatic heterocycles. The second-order valence-electron chi connectivity index (χ2n) is 9.50. The maximum atomic E-state index is 13.9.